The second-order valence-electron chi connectivity index (χ2n) is 6.24. The van der Waals surface area contributed by atoms with Gasteiger partial charge in [0.05, 0.1) is 12.0 Å². The molecule has 0 radical (unpaired) electrons. The number of anilines is 1. The van der Waals surface area contributed by atoms with Crippen LogP contribution >= 0.6 is 11.3 Å². The van der Waals surface area contributed by atoms with Crippen molar-refractivity contribution in [2.45, 2.75) is 11.3 Å². The Kier molecular flexibility index (Phi) is 4.98. The average Bonchev–Trinajstić information content (AvgIpc) is 2.96. The first-order valence-corrected chi connectivity index (χ1v) is 10.9. The summed E-state index contributed by atoms with van der Waals surface area (Å²) >= 11 is 1.54. The normalized spacial score (nSPS) is 16.4. The summed E-state index contributed by atoms with van der Waals surface area (Å²) in [6, 6.07) is 10.3. The van der Waals surface area contributed by atoms with Crippen LogP contribution in [0.25, 0.3) is 10.3 Å². The van der Waals surface area contributed by atoms with Crippen LogP contribution in [0.1, 0.15) is 6.42 Å². The fraction of sp³-hybridized carbons (Fsp3) is 0.333. The zero-order valence-corrected chi connectivity index (χ0v) is 16.5. The zero-order valence-electron chi connectivity index (χ0n) is 14.9. The lowest BCUT2D eigenvalue weighted by Gasteiger charge is -2.21. The van der Waals surface area contributed by atoms with E-state index >= 15 is 0 Å². The van der Waals surface area contributed by atoms with Crippen LogP contribution in [0.2, 0.25) is 0 Å². The number of hydrogen-bond donors (Lipinski definition) is 0. The molecule has 142 valence electrons. The van der Waals surface area contributed by atoms with E-state index in [9.17, 15) is 8.42 Å². The summed E-state index contributed by atoms with van der Waals surface area (Å²) in [5.74, 6) is 0.639. The number of rotatable bonds is 4. The monoisotopic (exact) mass is 404 g/mol. The van der Waals surface area contributed by atoms with Crippen LogP contribution in [0.5, 0.6) is 5.75 Å². The van der Waals surface area contributed by atoms with Gasteiger partial charge in [-0.3, -0.25) is 0 Å². The molecule has 0 spiro atoms. The lowest BCUT2D eigenvalue weighted by Crippen LogP contribution is -2.35. The van der Waals surface area contributed by atoms with E-state index in [0.29, 0.717) is 30.3 Å². The number of hydrogen-bond acceptors (Lipinski definition) is 7. The van der Waals surface area contributed by atoms with Crippen molar-refractivity contribution in [2.75, 3.05) is 38.2 Å². The number of thiazole rings is 1. The van der Waals surface area contributed by atoms with Crippen LogP contribution in [-0.4, -0.2) is 56.0 Å². The van der Waals surface area contributed by atoms with Crippen molar-refractivity contribution < 1.29 is 13.2 Å². The van der Waals surface area contributed by atoms with E-state index in [1.54, 1.807) is 53.2 Å². The molecule has 0 aliphatic carbocycles. The first-order valence-electron chi connectivity index (χ1n) is 8.68. The maximum atomic E-state index is 13.0. The molecule has 2 aromatic heterocycles. The standard InChI is InChI=1S/C18H20N4O3S2/c1-25-14-5-7-15(8-6-14)27(23,24)22-11-3-10-21(12-13-22)18-20-16-4-2-9-19-17(16)26-18/h2,4-9H,3,10-13H2,1H3. The summed E-state index contributed by atoms with van der Waals surface area (Å²) in [5, 5.41) is 0.896. The quantitative estimate of drug-likeness (QED) is 0.665. The Morgan fingerprint density at radius 2 is 1.89 bits per heavy atom. The van der Waals surface area contributed by atoms with Gasteiger partial charge in [-0.2, -0.15) is 4.31 Å². The van der Waals surface area contributed by atoms with Gasteiger partial charge in [0.15, 0.2) is 5.13 Å². The Balaban J connectivity index is 1.51. The second kappa shape index (κ2) is 7.41. The summed E-state index contributed by atoms with van der Waals surface area (Å²) < 4.78 is 32.6. The highest BCUT2D eigenvalue weighted by atomic mass is 32.2. The highest BCUT2D eigenvalue weighted by Crippen LogP contribution is 2.28. The van der Waals surface area contributed by atoms with Crippen molar-refractivity contribution >= 4 is 36.8 Å². The van der Waals surface area contributed by atoms with Crippen molar-refractivity contribution in [3.63, 3.8) is 0 Å². The van der Waals surface area contributed by atoms with Gasteiger partial charge < -0.3 is 9.64 Å². The average molecular weight is 405 g/mol. The lowest BCUT2D eigenvalue weighted by atomic mass is 10.3. The van der Waals surface area contributed by atoms with Crippen LogP contribution in [0.4, 0.5) is 5.13 Å². The maximum absolute atomic E-state index is 13.0. The van der Waals surface area contributed by atoms with E-state index in [-0.39, 0.29) is 0 Å². The molecule has 4 rings (SSSR count). The van der Waals surface area contributed by atoms with Crippen LogP contribution in [-0.2, 0) is 10.0 Å². The highest BCUT2D eigenvalue weighted by molar-refractivity contribution is 7.89. The van der Waals surface area contributed by atoms with Crippen molar-refractivity contribution in [3.8, 4) is 5.75 Å². The third-order valence-corrected chi connectivity index (χ3v) is 7.53. The molecule has 0 atom stereocenters. The van der Waals surface area contributed by atoms with Gasteiger partial charge in [0, 0.05) is 32.4 Å². The van der Waals surface area contributed by atoms with E-state index in [2.05, 4.69) is 14.9 Å². The first-order chi connectivity index (χ1) is 13.1. The smallest absolute Gasteiger partial charge is 0.243 e. The number of benzene rings is 1. The van der Waals surface area contributed by atoms with Crippen molar-refractivity contribution in [1.29, 1.82) is 0 Å². The molecule has 9 heteroatoms. The van der Waals surface area contributed by atoms with Gasteiger partial charge in [0.1, 0.15) is 16.1 Å². The molecule has 1 aromatic carbocycles. The second-order valence-corrected chi connectivity index (χ2v) is 9.14. The Morgan fingerprint density at radius 1 is 1.07 bits per heavy atom. The Hall–Kier alpha value is -2.23. The van der Waals surface area contributed by atoms with Crippen LogP contribution in [0, 0.1) is 0 Å². The predicted molar refractivity (Wildman–Crippen MR) is 106 cm³/mol. The fourth-order valence-corrected chi connectivity index (χ4v) is 5.55. The highest BCUT2D eigenvalue weighted by Gasteiger charge is 2.27. The minimum Gasteiger partial charge on any atom is -0.497 e. The molecule has 1 saturated heterocycles. The first kappa shape index (κ1) is 18.1. The molecule has 7 nitrogen and oxygen atoms in total. The van der Waals surface area contributed by atoms with Gasteiger partial charge in [-0.05, 0) is 42.8 Å². The lowest BCUT2D eigenvalue weighted by molar-refractivity contribution is 0.413. The molecule has 0 N–H and O–H groups in total. The number of pyridine rings is 1. The summed E-state index contributed by atoms with van der Waals surface area (Å²) in [6.07, 6.45) is 2.51. The molecule has 1 aliphatic rings. The molecule has 0 bridgehead atoms. The van der Waals surface area contributed by atoms with Crippen LogP contribution < -0.4 is 9.64 Å². The number of nitrogens with zero attached hydrogens (tertiary/aromatic N) is 4. The molecular formula is C18H20N4O3S2. The van der Waals surface area contributed by atoms with Crippen molar-refractivity contribution in [3.05, 3.63) is 42.6 Å². The van der Waals surface area contributed by atoms with Gasteiger partial charge in [0.2, 0.25) is 10.0 Å². The molecule has 0 unspecified atom stereocenters. The summed E-state index contributed by atoms with van der Waals surface area (Å²) in [7, 11) is -1.96. The molecule has 27 heavy (non-hydrogen) atoms. The molecule has 0 amide bonds. The molecule has 3 heterocycles. The van der Waals surface area contributed by atoms with Crippen LogP contribution in [0.15, 0.2) is 47.5 Å². The van der Waals surface area contributed by atoms with Crippen molar-refractivity contribution in [2.24, 2.45) is 0 Å². The summed E-state index contributed by atoms with van der Waals surface area (Å²) in [4.78, 5) is 12.3. The predicted octanol–water partition coefficient (Wildman–Crippen LogP) is 2.60. The number of sulfonamides is 1. The summed E-state index contributed by atoms with van der Waals surface area (Å²) in [5.41, 5.74) is 0.879. The topological polar surface area (TPSA) is 75.6 Å². The Labute approximate surface area is 162 Å². The maximum Gasteiger partial charge on any atom is 0.243 e. The number of aromatic nitrogens is 2. The van der Waals surface area contributed by atoms with E-state index in [0.717, 1.165) is 28.4 Å². The fourth-order valence-electron chi connectivity index (χ4n) is 3.12. The van der Waals surface area contributed by atoms with Crippen LogP contribution in [0.3, 0.4) is 0 Å². The number of methoxy groups -OCH3 is 1. The third kappa shape index (κ3) is 3.62. The number of ether oxygens (including phenoxy) is 1. The Morgan fingerprint density at radius 3 is 2.63 bits per heavy atom. The summed E-state index contributed by atoms with van der Waals surface area (Å²) in [6.45, 7) is 2.30. The molecule has 1 fully saturated rings. The van der Waals surface area contributed by atoms with E-state index in [4.69, 9.17) is 4.74 Å². The molecular weight excluding hydrogens is 384 g/mol. The number of fused-ring (bicyclic) bond motifs is 1. The third-order valence-electron chi connectivity index (χ3n) is 4.58. The van der Waals surface area contributed by atoms with E-state index in [1.165, 1.54) is 0 Å². The minimum absolute atomic E-state index is 0.293. The van der Waals surface area contributed by atoms with E-state index < -0.39 is 10.0 Å². The molecule has 3 aromatic rings. The van der Waals surface area contributed by atoms with Crippen molar-refractivity contribution in [1.82, 2.24) is 14.3 Å². The molecule has 1 aliphatic heterocycles. The minimum atomic E-state index is -3.52. The van der Waals surface area contributed by atoms with Gasteiger partial charge in [-0.15, -0.1) is 0 Å². The molecule has 0 saturated carbocycles. The largest absolute Gasteiger partial charge is 0.497 e. The van der Waals surface area contributed by atoms with Gasteiger partial charge >= 0.3 is 0 Å². The zero-order chi connectivity index (χ0) is 18.9. The Bertz CT molecular complexity index is 1000. The van der Waals surface area contributed by atoms with Gasteiger partial charge in [-0.1, -0.05) is 11.3 Å². The van der Waals surface area contributed by atoms with E-state index in [1.807, 2.05) is 12.1 Å². The van der Waals surface area contributed by atoms with Gasteiger partial charge in [-0.25, -0.2) is 18.4 Å². The van der Waals surface area contributed by atoms with Gasteiger partial charge in [0.25, 0.3) is 0 Å². The SMILES string of the molecule is COc1ccc(S(=O)(=O)N2CCCN(c3nc4cccnc4s3)CC2)cc1.